The molecule has 2 saturated heterocycles. The summed E-state index contributed by atoms with van der Waals surface area (Å²) in [6.45, 7) is 8.65. The Hall–Kier alpha value is -5.38. The van der Waals surface area contributed by atoms with Gasteiger partial charge in [0.2, 0.25) is 0 Å². The number of aromatic nitrogens is 4. The summed E-state index contributed by atoms with van der Waals surface area (Å²) in [6.07, 6.45) is 3.25. The second-order valence-electron chi connectivity index (χ2n) is 14.5. The summed E-state index contributed by atoms with van der Waals surface area (Å²) in [5.74, 6) is 8.39. The van der Waals surface area contributed by atoms with Crippen molar-refractivity contribution in [2.24, 2.45) is 11.8 Å². The number of alkyl carbamates (subject to hydrolysis) is 1. The first-order valence-corrected chi connectivity index (χ1v) is 18.3. The maximum absolute atomic E-state index is 12.1. The average Bonchev–Trinajstić information content (AvgIpc) is 3.97. The summed E-state index contributed by atoms with van der Waals surface area (Å²) in [4.78, 5) is 44.7. The first kappa shape index (κ1) is 36.0. The van der Waals surface area contributed by atoms with Crippen LogP contribution in [0.5, 0.6) is 0 Å². The molecule has 4 N–H and O–H groups in total. The van der Waals surface area contributed by atoms with Gasteiger partial charge < -0.3 is 29.9 Å². The number of ether oxygens (including phenoxy) is 2. The molecule has 12 heteroatoms. The minimum absolute atomic E-state index is 0.0332. The third-order valence-electron chi connectivity index (χ3n) is 10.7. The maximum atomic E-state index is 12.1. The SMILES string of the molecule is CC#Cc1cc(-c2cnc([C@@H]3CCCN3C[C@@H](NC(=O)OC)C(C)C)[nH]2)ccc1-c1ccc2c(ccc3[nH]c(C4CC(COC)CN4C(=O)O)nc32)c1. The van der Waals surface area contributed by atoms with E-state index in [1.54, 1.807) is 7.11 Å². The summed E-state index contributed by atoms with van der Waals surface area (Å²) >= 11 is 0. The molecule has 0 spiro atoms. The Morgan fingerprint density at radius 2 is 1.89 bits per heavy atom. The number of amides is 2. The number of methoxy groups -OCH3 is 2. The van der Waals surface area contributed by atoms with Gasteiger partial charge in [-0.1, -0.05) is 50.1 Å². The summed E-state index contributed by atoms with van der Waals surface area (Å²) < 4.78 is 10.2. The van der Waals surface area contributed by atoms with Crippen LogP contribution in [0.4, 0.5) is 9.59 Å². The molecule has 0 bridgehead atoms. The molecular formula is C41H47N7O5. The van der Waals surface area contributed by atoms with Crippen molar-refractivity contribution in [2.45, 2.75) is 58.2 Å². The van der Waals surface area contributed by atoms with Crippen molar-refractivity contribution in [1.29, 1.82) is 0 Å². The van der Waals surface area contributed by atoms with Crippen molar-refractivity contribution in [3.63, 3.8) is 0 Å². The van der Waals surface area contributed by atoms with Crippen LogP contribution in [0.3, 0.4) is 0 Å². The van der Waals surface area contributed by atoms with Gasteiger partial charge in [-0.05, 0) is 73.4 Å². The fraction of sp³-hybridized carbons (Fsp3) is 0.415. The molecule has 0 radical (unpaired) electrons. The molecule has 53 heavy (non-hydrogen) atoms. The molecule has 2 fully saturated rings. The smallest absolute Gasteiger partial charge is 0.407 e. The molecule has 0 aliphatic carbocycles. The van der Waals surface area contributed by atoms with E-state index in [1.807, 2.05) is 19.2 Å². The lowest BCUT2D eigenvalue weighted by atomic mass is 9.95. The van der Waals surface area contributed by atoms with E-state index >= 15 is 0 Å². The number of H-pyrrole nitrogens is 2. The van der Waals surface area contributed by atoms with Crippen LogP contribution in [0, 0.1) is 23.7 Å². The highest BCUT2D eigenvalue weighted by molar-refractivity contribution is 6.05. The lowest BCUT2D eigenvalue weighted by Gasteiger charge is -2.30. The summed E-state index contributed by atoms with van der Waals surface area (Å²) in [5.41, 5.74) is 6.62. The average molecular weight is 718 g/mol. The number of nitrogens with zero attached hydrogens (tertiary/aromatic N) is 4. The minimum atomic E-state index is -0.948. The Bertz CT molecular complexity index is 2200. The number of carbonyl (C=O) groups is 2. The van der Waals surface area contributed by atoms with Crippen molar-refractivity contribution < 1.29 is 24.2 Å². The van der Waals surface area contributed by atoms with Gasteiger partial charge in [0.1, 0.15) is 11.6 Å². The zero-order chi connectivity index (χ0) is 37.2. The van der Waals surface area contributed by atoms with E-state index < -0.39 is 12.2 Å². The van der Waals surface area contributed by atoms with E-state index in [-0.39, 0.29) is 30.0 Å². The lowest BCUT2D eigenvalue weighted by Crippen LogP contribution is -2.46. The molecule has 4 atom stereocenters. The minimum Gasteiger partial charge on any atom is -0.465 e. The number of benzene rings is 3. The van der Waals surface area contributed by atoms with E-state index in [9.17, 15) is 14.7 Å². The van der Waals surface area contributed by atoms with Gasteiger partial charge in [-0.3, -0.25) is 9.80 Å². The fourth-order valence-electron chi connectivity index (χ4n) is 7.99. The van der Waals surface area contributed by atoms with E-state index in [1.165, 1.54) is 12.0 Å². The highest BCUT2D eigenvalue weighted by Gasteiger charge is 2.38. The van der Waals surface area contributed by atoms with Crippen LogP contribution in [0.2, 0.25) is 0 Å². The number of carbonyl (C=O) groups excluding carboxylic acids is 1. The Balaban J connectivity index is 1.14. The second-order valence-corrected chi connectivity index (χ2v) is 14.5. The van der Waals surface area contributed by atoms with Gasteiger partial charge in [0.15, 0.2) is 0 Å². The van der Waals surface area contributed by atoms with Gasteiger partial charge >= 0.3 is 12.2 Å². The molecule has 2 amide bonds. The predicted molar refractivity (Wildman–Crippen MR) is 204 cm³/mol. The first-order valence-electron chi connectivity index (χ1n) is 18.3. The highest BCUT2D eigenvalue weighted by Crippen LogP contribution is 2.38. The Labute approximate surface area is 309 Å². The van der Waals surface area contributed by atoms with Gasteiger partial charge in [0, 0.05) is 48.7 Å². The van der Waals surface area contributed by atoms with E-state index in [0.717, 1.165) is 81.5 Å². The maximum Gasteiger partial charge on any atom is 0.407 e. The third kappa shape index (κ3) is 7.32. The van der Waals surface area contributed by atoms with Gasteiger partial charge in [0.25, 0.3) is 0 Å². The number of imidazole rings is 2. The van der Waals surface area contributed by atoms with Crippen molar-refractivity contribution in [3.8, 4) is 34.2 Å². The number of fused-ring (bicyclic) bond motifs is 3. The predicted octanol–water partition coefficient (Wildman–Crippen LogP) is 7.35. The van der Waals surface area contributed by atoms with Gasteiger partial charge in [-0.15, -0.1) is 5.92 Å². The van der Waals surface area contributed by atoms with Crippen molar-refractivity contribution in [3.05, 3.63) is 71.9 Å². The quantitative estimate of drug-likeness (QED) is 0.110. The molecule has 2 aromatic heterocycles. The van der Waals surface area contributed by atoms with Crippen LogP contribution in [0.15, 0.2) is 54.7 Å². The standard InChI is InChI=1S/C41H47N7O5/c1-6-8-26-19-29(33-20-42-38(44-33)35-9-7-16-47(35)22-34(24(2)3)45-40(49)53-5)11-13-30(26)27-10-14-31-28(18-27)12-15-32-37(31)46-39(43-32)36-17-25(23-52-4)21-48(36)41(50)51/h10-15,18-20,24-25,34-36H,7,9,16-17,21-23H2,1-5H3,(H,42,44)(H,43,46)(H,45,49)(H,50,51)/t25?,34-,35+,36?/m1/s1. The number of nitrogens with one attached hydrogen (secondary N) is 3. The first-order chi connectivity index (χ1) is 25.7. The van der Waals surface area contributed by atoms with Crippen molar-refractivity contribution in [2.75, 3.05) is 40.5 Å². The second kappa shape index (κ2) is 15.3. The Morgan fingerprint density at radius 1 is 1.06 bits per heavy atom. The van der Waals surface area contributed by atoms with Crippen LogP contribution in [0.1, 0.15) is 69.3 Å². The number of hydrogen-bond donors (Lipinski definition) is 4. The van der Waals surface area contributed by atoms with Crippen LogP contribution in [-0.2, 0) is 9.47 Å². The molecule has 4 heterocycles. The monoisotopic (exact) mass is 717 g/mol. The molecule has 12 nitrogen and oxygen atoms in total. The molecular weight excluding hydrogens is 670 g/mol. The zero-order valence-electron chi connectivity index (χ0n) is 30.9. The number of likely N-dealkylation sites (tertiary alicyclic amines) is 2. The molecule has 7 rings (SSSR count). The number of carboxylic acid groups (broad SMARTS) is 1. The lowest BCUT2D eigenvalue weighted by molar-refractivity contribution is 0.131. The summed E-state index contributed by atoms with van der Waals surface area (Å²) in [6, 6.07) is 16.5. The normalized spacial score (nSPS) is 19.5. The van der Waals surface area contributed by atoms with Gasteiger partial charge in [-0.2, -0.15) is 0 Å². The van der Waals surface area contributed by atoms with E-state index in [4.69, 9.17) is 19.4 Å². The molecule has 276 valence electrons. The molecule has 2 aliphatic heterocycles. The van der Waals surface area contributed by atoms with Crippen LogP contribution < -0.4 is 5.32 Å². The van der Waals surface area contributed by atoms with E-state index in [2.05, 4.69) is 88.3 Å². The Morgan fingerprint density at radius 3 is 2.64 bits per heavy atom. The molecule has 2 unspecified atom stereocenters. The molecule has 2 aliphatic rings. The summed E-state index contributed by atoms with van der Waals surface area (Å²) in [7, 11) is 3.04. The largest absolute Gasteiger partial charge is 0.465 e. The van der Waals surface area contributed by atoms with Crippen LogP contribution >= 0.6 is 0 Å². The molecule has 3 aromatic carbocycles. The fourth-order valence-corrected chi connectivity index (χ4v) is 7.99. The van der Waals surface area contributed by atoms with Gasteiger partial charge in [0.05, 0.1) is 48.7 Å². The topological polar surface area (TPSA) is 149 Å². The number of hydrogen-bond acceptors (Lipinski definition) is 7. The number of aromatic amines is 2. The molecule has 5 aromatic rings. The summed E-state index contributed by atoms with van der Waals surface area (Å²) in [5, 5.41) is 14.9. The van der Waals surface area contributed by atoms with Crippen molar-refractivity contribution in [1.82, 2.24) is 35.1 Å². The van der Waals surface area contributed by atoms with Crippen LogP contribution in [-0.4, -0.2) is 93.5 Å². The zero-order valence-corrected chi connectivity index (χ0v) is 30.9. The molecule has 0 saturated carbocycles. The van der Waals surface area contributed by atoms with Crippen LogP contribution in [0.25, 0.3) is 44.2 Å². The highest BCUT2D eigenvalue weighted by atomic mass is 16.5. The number of rotatable bonds is 10. The van der Waals surface area contributed by atoms with Crippen molar-refractivity contribution >= 4 is 34.0 Å². The van der Waals surface area contributed by atoms with E-state index in [0.29, 0.717) is 25.4 Å². The Kier molecular flexibility index (Phi) is 10.4. The third-order valence-corrected chi connectivity index (χ3v) is 10.7. The van der Waals surface area contributed by atoms with Gasteiger partial charge in [-0.25, -0.2) is 19.6 Å².